The second-order valence-corrected chi connectivity index (χ2v) is 7.64. The molecule has 142 valence electrons. The number of ketones is 1. The predicted octanol–water partition coefficient (Wildman–Crippen LogP) is 3.51. The molecular weight excluding hydrogens is 336 g/mol. The zero-order valence-corrected chi connectivity index (χ0v) is 16.4. The van der Waals surface area contributed by atoms with E-state index in [1.807, 2.05) is 23.1 Å². The monoisotopic (exact) mass is 364 g/mol. The van der Waals surface area contributed by atoms with Gasteiger partial charge < -0.3 is 9.80 Å². The molecule has 0 saturated carbocycles. The van der Waals surface area contributed by atoms with E-state index in [0.717, 1.165) is 0 Å². The van der Waals surface area contributed by atoms with Crippen molar-refractivity contribution in [1.82, 2.24) is 9.80 Å². The van der Waals surface area contributed by atoms with Crippen LogP contribution in [0.3, 0.4) is 0 Å². The third-order valence-corrected chi connectivity index (χ3v) is 5.47. The van der Waals surface area contributed by atoms with Gasteiger partial charge in [0.15, 0.2) is 5.78 Å². The first kappa shape index (κ1) is 19.3. The molecule has 1 amide bonds. The van der Waals surface area contributed by atoms with Crippen molar-refractivity contribution in [3.05, 3.63) is 71.3 Å². The SMILES string of the molecule is Cc1ccc([C@@H]2CN(C(=O)CCC(=O)c3ccccc3)C[C@H]2N(C)C)cc1. The number of likely N-dealkylation sites (N-methyl/N-ethyl adjacent to an activating group) is 1. The van der Waals surface area contributed by atoms with Crippen molar-refractivity contribution in [1.29, 1.82) is 0 Å². The lowest BCUT2D eigenvalue weighted by molar-refractivity contribution is -0.130. The number of rotatable bonds is 6. The minimum atomic E-state index is 0.0300. The summed E-state index contributed by atoms with van der Waals surface area (Å²) in [5, 5.41) is 0. The second kappa shape index (κ2) is 8.49. The largest absolute Gasteiger partial charge is 0.340 e. The number of nitrogens with zero attached hydrogens (tertiary/aromatic N) is 2. The molecule has 1 saturated heterocycles. The molecule has 0 spiro atoms. The average Bonchev–Trinajstić information content (AvgIpc) is 3.13. The summed E-state index contributed by atoms with van der Waals surface area (Å²) in [5.74, 6) is 0.400. The second-order valence-electron chi connectivity index (χ2n) is 7.64. The van der Waals surface area contributed by atoms with Gasteiger partial charge in [-0.2, -0.15) is 0 Å². The van der Waals surface area contributed by atoms with Crippen LogP contribution < -0.4 is 0 Å². The van der Waals surface area contributed by atoms with E-state index in [1.54, 1.807) is 12.1 Å². The number of aryl methyl sites for hydroxylation is 1. The Hall–Kier alpha value is -2.46. The molecule has 1 aliphatic heterocycles. The Morgan fingerprint density at radius 2 is 1.63 bits per heavy atom. The molecule has 0 radical (unpaired) electrons. The number of hydrogen-bond acceptors (Lipinski definition) is 3. The number of Topliss-reactive ketones (excluding diaryl/α,β-unsaturated/α-hetero) is 1. The van der Waals surface area contributed by atoms with E-state index in [9.17, 15) is 9.59 Å². The highest BCUT2D eigenvalue weighted by Gasteiger charge is 2.37. The van der Waals surface area contributed by atoms with E-state index in [-0.39, 0.29) is 24.5 Å². The van der Waals surface area contributed by atoms with Gasteiger partial charge in [-0.3, -0.25) is 9.59 Å². The Balaban J connectivity index is 1.63. The van der Waals surface area contributed by atoms with Gasteiger partial charge in [0.05, 0.1) is 0 Å². The van der Waals surface area contributed by atoms with Crippen LogP contribution in [-0.4, -0.2) is 54.7 Å². The van der Waals surface area contributed by atoms with E-state index in [2.05, 4.69) is 50.2 Å². The Morgan fingerprint density at radius 1 is 0.963 bits per heavy atom. The number of likely N-dealkylation sites (tertiary alicyclic amines) is 1. The van der Waals surface area contributed by atoms with Crippen LogP contribution in [0.15, 0.2) is 54.6 Å². The van der Waals surface area contributed by atoms with Gasteiger partial charge >= 0.3 is 0 Å². The molecular formula is C23H28N2O2. The molecule has 0 aromatic heterocycles. The summed E-state index contributed by atoms with van der Waals surface area (Å²) in [4.78, 5) is 29.1. The molecule has 27 heavy (non-hydrogen) atoms. The zero-order valence-electron chi connectivity index (χ0n) is 16.4. The molecule has 2 atom stereocenters. The normalized spacial score (nSPS) is 19.5. The Kier molecular flexibility index (Phi) is 6.07. The Labute approximate surface area is 161 Å². The number of carbonyl (C=O) groups is 2. The quantitative estimate of drug-likeness (QED) is 0.737. The fraction of sp³-hybridized carbons (Fsp3) is 0.391. The van der Waals surface area contributed by atoms with Crippen LogP contribution in [0.1, 0.15) is 40.2 Å². The van der Waals surface area contributed by atoms with Gasteiger partial charge in [-0.25, -0.2) is 0 Å². The first-order valence-electron chi connectivity index (χ1n) is 9.54. The lowest BCUT2D eigenvalue weighted by Crippen LogP contribution is -2.35. The van der Waals surface area contributed by atoms with E-state index in [1.165, 1.54) is 11.1 Å². The molecule has 0 N–H and O–H groups in total. The van der Waals surface area contributed by atoms with Crippen molar-refractivity contribution in [2.75, 3.05) is 27.2 Å². The molecule has 1 heterocycles. The van der Waals surface area contributed by atoms with Crippen molar-refractivity contribution < 1.29 is 9.59 Å². The first-order chi connectivity index (χ1) is 13.0. The summed E-state index contributed by atoms with van der Waals surface area (Å²) in [5.41, 5.74) is 3.19. The predicted molar refractivity (Wildman–Crippen MR) is 108 cm³/mol. The van der Waals surface area contributed by atoms with Gasteiger partial charge in [0.25, 0.3) is 0 Å². The minimum Gasteiger partial charge on any atom is -0.340 e. The summed E-state index contributed by atoms with van der Waals surface area (Å²) in [6.45, 7) is 3.51. The number of benzene rings is 2. The average molecular weight is 364 g/mol. The maximum absolute atomic E-state index is 12.7. The van der Waals surface area contributed by atoms with Gasteiger partial charge in [-0.05, 0) is 26.6 Å². The molecule has 1 aliphatic rings. The lowest BCUT2D eigenvalue weighted by atomic mass is 9.93. The topological polar surface area (TPSA) is 40.6 Å². The van der Waals surface area contributed by atoms with E-state index in [4.69, 9.17) is 0 Å². The first-order valence-corrected chi connectivity index (χ1v) is 9.54. The third kappa shape index (κ3) is 4.64. The summed E-state index contributed by atoms with van der Waals surface area (Å²) < 4.78 is 0. The molecule has 0 bridgehead atoms. The lowest BCUT2D eigenvalue weighted by Gasteiger charge is -2.25. The molecule has 4 heteroatoms. The zero-order chi connectivity index (χ0) is 19.4. The Morgan fingerprint density at radius 3 is 2.26 bits per heavy atom. The van der Waals surface area contributed by atoms with Crippen LogP contribution in [-0.2, 0) is 4.79 Å². The molecule has 2 aromatic carbocycles. The van der Waals surface area contributed by atoms with Gasteiger partial charge in [0.2, 0.25) is 5.91 Å². The van der Waals surface area contributed by atoms with Gasteiger partial charge in [0, 0.05) is 43.5 Å². The van der Waals surface area contributed by atoms with Crippen molar-refractivity contribution in [2.45, 2.75) is 31.7 Å². The standard InChI is InChI=1S/C23H28N2O2/c1-17-9-11-18(12-10-17)20-15-25(16-21(20)24(2)3)23(27)14-13-22(26)19-7-5-4-6-8-19/h4-12,20-21H,13-16H2,1-3H3/t20-,21+/m0/s1. The van der Waals surface area contributed by atoms with Crippen LogP contribution >= 0.6 is 0 Å². The maximum atomic E-state index is 12.7. The fourth-order valence-corrected chi connectivity index (χ4v) is 3.80. The Bertz CT molecular complexity index is 784. The van der Waals surface area contributed by atoms with Gasteiger partial charge in [-0.15, -0.1) is 0 Å². The van der Waals surface area contributed by atoms with E-state index < -0.39 is 0 Å². The molecule has 0 aliphatic carbocycles. The third-order valence-electron chi connectivity index (χ3n) is 5.47. The van der Waals surface area contributed by atoms with Crippen LogP contribution in [0.2, 0.25) is 0 Å². The van der Waals surface area contributed by atoms with Crippen LogP contribution in [0, 0.1) is 6.92 Å². The van der Waals surface area contributed by atoms with E-state index >= 15 is 0 Å². The van der Waals surface area contributed by atoms with Crippen molar-refractivity contribution in [3.8, 4) is 0 Å². The summed E-state index contributed by atoms with van der Waals surface area (Å²) in [7, 11) is 4.14. The number of amides is 1. The highest BCUT2D eigenvalue weighted by Crippen LogP contribution is 2.31. The van der Waals surface area contributed by atoms with Crippen molar-refractivity contribution in [2.24, 2.45) is 0 Å². The van der Waals surface area contributed by atoms with Gasteiger partial charge in [0.1, 0.15) is 0 Å². The number of hydrogen-bond donors (Lipinski definition) is 0. The van der Waals surface area contributed by atoms with Crippen molar-refractivity contribution in [3.63, 3.8) is 0 Å². The molecule has 4 nitrogen and oxygen atoms in total. The fourth-order valence-electron chi connectivity index (χ4n) is 3.80. The maximum Gasteiger partial charge on any atom is 0.223 e. The highest BCUT2D eigenvalue weighted by atomic mass is 16.2. The van der Waals surface area contributed by atoms with Gasteiger partial charge in [-0.1, -0.05) is 60.2 Å². The molecule has 0 unspecified atom stereocenters. The molecule has 1 fully saturated rings. The molecule has 3 rings (SSSR count). The van der Waals surface area contributed by atoms with Crippen molar-refractivity contribution >= 4 is 11.7 Å². The minimum absolute atomic E-state index is 0.0300. The summed E-state index contributed by atoms with van der Waals surface area (Å²) >= 11 is 0. The smallest absolute Gasteiger partial charge is 0.223 e. The van der Waals surface area contributed by atoms with Crippen LogP contribution in [0.25, 0.3) is 0 Å². The summed E-state index contributed by atoms with van der Waals surface area (Å²) in [6, 6.07) is 18.1. The van der Waals surface area contributed by atoms with E-state index in [0.29, 0.717) is 30.6 Å². The van der Waals surface area contributed by atoms with Crippen LogP contribution in [0.4, 0.5) is 0 Å². The van der Waals surface area contributed by atoms with Crippen LogP contribution in [0.5, 0.6) is 0 Å². The number of carbonyl (C=O) groups excluding carboxylic acids is 2. The highest BCUT2D eigenvalue weighted by molar-refractivity contribution is 5.97. The molecule has 2 aromatic rings. The summed E-state index contributed by atoms with van der Waals surface area (Å²) in [6.07, 6.45) is 0.537.